The molecule has 0 aliphatic carbocycles. The second-order valence-electron chi connectivity index (χ2n) is 6.43. The van der Waals surface area contributed by atoms with Crippen LogP contribution in [0.1, 0.15) is 26.7 Å². The summed E-state index contributed by atoms with van der Waals surface area (Å²) in [6.45, 7) is 4.57. The van der Waals surface area contributed by atoms with Crippen molar-refractivity contribution in [2.24, 2.45) is 0 Å². The van der Waals surface area contributed by atoms with Crippen LogP contribution in [0.2, 0.25) is 0 Å². The molecule has 10 nitrogen and oxygen atoms in total. The molecule has 156 valence electrons. The predicted octanol–water partition coefficient (Wildman–Crippen LogP) is -0.189. The lowest BCUT2D eigenvalue weighted by atomic mass is 10.3. The number of carbonyl (C=O) groups excluding carboxylic acids is 2. The molecule has 0 heterocycles. The van der Waals surface area contributed by atoms with Crippen molar-refractivity contribution in [1.82, 2.24) is 4.90 Å². The Kier molecular flexibility index (Phi) is 12.0. The highest BCUT2D eigenvalue weighted by Gasteiger charge is 2.26. The molecule has 0 rings (SSSR count). The Morgan fingerprint density at radius 2 is 1.48 bits per heavy atom. The Balaban J connectivity index is 4.36. The van der Waals surface area contributed by atoms with E-state index in [9.17, 15) is 19.2 Å². The number of rotatable bonds is 15. The third kappa shape index (κ3) is 12.7. The van der Waals surface area contributed by atoms with Crippen LogP contribution in [-0.2, 0) is 28.7 Å². The Hall–Kier alpha value is -2.20. The van der Waals surface area contributed by atoms with Crippen LogP contribution in [-0.4, -0.2) is 103 Å². The van der Waals surface area contributed by atoms with Crippen LogP contribution >= 0.6 is 0 Å². The average molecular weight is 391 g/mol. The molecule has 0 saturated carbocycles. The number of carbonyl (C=O) groups is 4. The maximum atomic E-state index is 11.8. The maximum Gasteiger partial charge on any atom is 0.359 e. The van der Waals surface area contributed by atoms with Gasteiger partial charge in [0.15, 0.2) is 6.54 Å². The summed E-state index contributed by atoms with van der Waals surface area (Å²) in [5, 5.41) is 17.8. The van der Waals surface area contributed by atoms with Gasteiger partial charge in [-0.1, -0.05) is 13.8 Å². The Labute approximate surface area is 159 Å². The van der Waals surface area contributed by atoms with Gasteiger partial charge in [0.2, 0.25) is 0 Å². The first-order valence-corrected chi connectivity index (χ1v) is 8.92. The second kappa shape index (κ2) is 13.0. The molecule has 27 heavy (non-hydrogen) atoms. The number of carboxylic acids is 2. The highest BCUT2D eigenvalue weighted by atomic mass is 16.5. The van der Waals surface area contributed by atoms with Crippen LogP contribution < -0.4 is 0 Å². The smallest absolute Gasteiger partial charge is 0.359 e. The quantitative estimate of drug-likeness (QED) is 0.288. The molecule has 2 N–H and O–H groups in total. The second-order valence-corrected chi connectivity index (χ2v) is 6.43. The summed E-state index contributed by atoms with van der Waals surface area (Å²) in [4.78, 5) is 46.4. The predicted molar refractivity (Wildman–Crippen MR) is 95.0 cm³/mol. The highest BCUT2D eigenvalue weighted by Crippen LogP contribution is 2.04. The minimum absolute atomic E-state index is 0.0232. The van der Waals surface area contributed by atoms with E-state index in [1.54, 1.807) is 25.8 Å². The first kappa shape index (κ1) is 24.8. The van der Waals surface area contributed by atoms with Gasteiger partial charge in [0.1, 0.15) is 26.3 Å². The molecule has 1 unspecified atom stereocenters. The molecule has 1 atom stereocenters. The minimum Gasteiger partial charge on any atom is -0.480 e. The summed E-state index contributed by atoms with van der Waals surface area (Å²) in [5.41, 5.74) is 0. The van der Waals surface area contributed by atoms with Crippen molar-refractivity contribution in [2.45, 2.75) is 26.7 Å². The molecule has 0 amide bonds. The molecule has 0 spiro atoms. The average Bonchev–Trinajstić information content (AvgIpc) is 2.57. The Morgan fingerprint density at radius 3 is 1.93 bits per heavy atom. The largest absolute Gasteiger partial charge is 0.480 e. The highest BCUT2D eigenvalue weighted by molar-refractivity contribution is 5.71. The number of quaternary nitrogens is 1. The number of aliphatic carboxylic acids is 2. The van der Waals surface area contributed by atoms with Gasteiger partial charge >= 0.3 is 23.9 Å². The number of ether oxygens (including phenoxy) is 2. The van der Waals surface area contributed by atoms with Gasteiger partial charge in [-0.2, -0.15) is 0 Å². The van der Waals surface area contributed by atoms with Crippen molar-refractivity contribution < 1.29 is 43.3 Å². The standard InChI is InChI=1S/C17H30N2O8/c1-4-16(24)26-10-8-19(3,13-15(22)23)9-11-27-17(25)6-7-18(5-2)12-14(20)21/h4-13H2,1-3H3,(H-,20,21,22,23)/p+1. The Bertz CT molecular complexity index is 511. The fourth-order valence-electron chi connectivity index (χ4n) is 2.32. The van der Waals surface area contributed by atoms with Crippen LogP contribution in [0.3, 0.4) is 0 Å². The number of hydrogen-bond donors (Lipinski definition) is 2. The first-order chi connectivity index (χ1) is 12.6. The van der Waals surface area contributed by atoms with Crippen molar-refractivity contribution in [3.63, 3.8) is 0 Å². The van der Waals surface area contributed by atoms with E-state index in [0.29, 0.717) is 6.54 Å². The lowest BCUT2D eigenvalue weighted by molar-refractivity contribution is -0.902. The lowest BCUT2D eigenvalue weighted by Crippen LogP contribution is -2.51. The van der Waals surface area contributed by atoms with Crippen molar-refractivity contribution in [2.75, 3.05) is 59.5 Å². The van der Waals surface area contributed by atoms with Crippen LogP contribution in [0.25, 0.3) is 0 Å². The van der Waals surface area contributed by atoms with E-state index in [2.05, 4.69) is 0 Å². The molecular formula is C17H31N2O8+. The van der Waals surface area contributed by atoms with Crippen LogP contribution in [0.4, 0.5) is 0 Å². The monoisotopic (exact) mass is 391 g/mol. The molecule has 10 heteroatoms. The van der Waals surface area contributed by atoms with Gasteiger partial charge in [0.05, 0.1) is 20.0 Å². The van der Waals surface area contributed by atoms with Gasteiger partial charge in [-0.3, -0.25) is 19.3 Å². The van der Waals surface area contributed by atoms with E-state index in [1.165, 1.54) is 0 Å². The van der Waals surface area contributed by atoms with E-state index >= 15 is 0 Å². The molecule has 0 aliphatic heterocycles. The summed E-state index contributed by atoms with van der Waals surface area (Å²) in [7, 11) is 1.69. The molecule has 0 radical (unpaired) electrons. The summed E-state index contributed by atoms with van der Waals surface area (Å²) < 4.78 is 10.2. The molecule has 0 fully saturated rings. The maximum absolute atomic E-state index is 11.8. The van der Waals surface area contributed by atoms with Crippen LogP contribution in [0.15, 0.2) is 0 Å². The molecule has 0 aromatic carbocycles. The van der Waals surface area contributed by atoms with Crippen molar-refractivity contribution in [3.05, 3.63) is 0 Å². The van der Waals surface area contributed by atoms with Crippen molar-refractivity contribution in [1.29, 1.82) is 0 Å². The molecule has 0 aliphatic rings. The van der Waals surface area contributed by atoms with E-state index in [1.807, 2.05) is 0 Å². The minimum atomic E-state index is -1.00. The normalized spacial score (nSPS) is 13.0. The lowest BCUT2D eigenvalue weighted by Gasteiger charge is -2.32. The van der Waals surface area contributed by atoms with Crippen LogP contribution in [0.5, 0.6) is 0 Å². The summed E-state index contributed by atoms with van der Waals surface area (Å²) in [6, 6.07) is 0. The third-order valence-electron chi connectivity index (χ3n) is 4.03. The topological polar surface area (TPSA) is 130 Å². The number of esters is 2. The van der Waals surface area contributed by atoms with Crippen molar-refractivity contribution in [3.8, 4) is 0 Å². The van der Waals surface area contributed by atoms with E-state index in [-0.39, 0.29) is 69.2 Å². The molecule has 0 aromatic rings. The molecule has 0 aromatic heterocycles. The molecule has 0 bridgehead atoms. The SMILES string of the molecule is CCC(=O)OCC[N+](C)(CCOC(=O)CCN(CC)CC(=O)O)CC(=O)O. The fourth-order valence-corrected chi connectivity index (χ4v) is 2.32. The van der Waals surface area contributed by atoms with Gasteiger partial charge in [0, 0.05) is 13.0 Å². The van der Waals surface area contributed by atoms with E-state index in [4.69, 9.17) is 19.7 Å². The fraction of sp³-hybridized carbons (Fsp3) is 0.765. The first-order valence-electron chi connectivity index (χ1n) is 8.92. The van der Waals surface area contributed by atoms with Gasteiger partial charge in [0.25, 0.3) is 0 Å². The van der Waals surface area contributed by atoms with Crippen molar-refractivity contribution >= 4 is 23.9 Å². The van der Waals surface area contributed by atoms with Gasteiger partial charge in [-0.15, -0.1) is 0 Å². The van der Waals surface area contributed by atoms with E-state index in [0.717, 1.165) is 0 Å². The zero-order valence-corrected chi connectivity index (χ0v) is 16.3. The number of carboxylic acid groups (broad SMARTS) is 2. The number of nitrogens with zero attached hydrogens (tertiary/aromatic N) is 2. The molecular weight excluding hydrogens is 360 g/mol. The van der Waals surface area contributed by atoms with Gasteiger partial charge in [-0.25, -0.2) is 4.79 Å². The summed E-state index contributed by atoms with van der Waals surface area (Å²) >= 11 is 0. The third-order valence-corrected chi connectivity index (χ3v) is 4.03. The van der Waals surface area contributed by atoms with Crippen LogP contribution in [0, 0.1) is 0 Å². The zero-order chi connectivity index (χ0) is 20.9. The molecule has 0 saturated heterocycles. The van der Waals surface area contributed by atoms with Gasteiger partial charge in [-0.05, 0) is 6.54 Å². The summed E-state index contributed by atoms with van der Waals surface area (Å²) in [5.74, 6) is -2.79. The zero-order valence-electron chi connectivity index (χ0n) is 16.3. The summed E-state index contributed by atoms with van der Waals surface area (Å²) in [6.07, 6.45) is 0.300. The van der Waals surface area contributed by atoms with Gasteiger partial charge < -0.3 is 24.2 Å². The Morgan fingerprint density at radius 1 is 0.926 bits per heavy atom. The number of likely N-dealkylation sites (N-methyl/N-ethyl adjacent to an activating group) is 2. The van der Waals surface area contributed by atoms with E-state index < -0.39 is 17.9 Å². The number of hydrogen-bond acceptors (Lipinski definition) is 7.